The average Bonchev–Trinajstić information content (AvgIpc) is 2.55. The zero-order valence-corrected chi connectivity index (χ0v) is 13.4. The third kappa shape index (κ3) is 3.48. The standard InChI is InChI=1S/C17H16FNO3S/c1-22-16-9-11-6-7-19(10-12(11)8-15(16)17(20)21)23-14-4-2-13(18)3-5-14/h2-5,8-9H,6-7,10H2,1H3,(H,20,21). The van der Waals surface area contributed by atoms with E-state index in [0.717, 1.165) is 29.0 Å². The van der Waals surface area contributed by atoms with E-state index < -0.39 is 5.97 Å². The zero-order chi connectivity index (χ0) is 16.4. The lowest BCUT2D eigenvalue weighted by Crippen LogP contribution is -2.25. The molecule has 2 aromatic rings. The summed E-state index contributed by atoms with van der Waals surface area (Å²) in [6.45, 7) is 1.48. The number of aromatic carboxylic acids is 1. The van der Waals surface area contributed by atoms with Crippen LogP contribution in [-0.2, 0) is 13.0 Å². The molecular formula is C17H16FNO3S. The first-order valence-corrected chi connectivity index (χ1v) is 7.95. The van der Waals surface area contributed by atoms with Crippen molar-refractivity contribution in [2.24, 2.45) is 0 Å². The summed E-state index contributed by atoms with van der Waals surface area (Å²) in [4.78, 5) is 12.3. The molecule has 0 amide bonds. The highest BCUT2D eigenvalue weighted by Gasteiger charge is 2.21. The van der Waals surface area contributed by atoms with Crippen LogP contribution < -0.4 is 4.74 Å². The lowest BCUT2D eigenvalue weighted by atomic mass is 9.97. The summed E-state index contributed by atoms with van der Waals surface area (Å²) in [5.41, 5.74) is 2.28. The number of halogens is 1. The van der Waals surface area contributed by atoms with Gasteiger partial charge >= 0.3 is 5.97 Å². The van der Waals surface area contributed by atoms with Crippen LogP contribution in [0.4, 0.5) is 4.39 Å². The summed E-state index contributed by atoms with van der Waals surface area (Å²) in [5.74, 6) is -0.847. The number of carboxylic acid groups (broad SMARTS) is 1. The van der Waals surface area contributed by atoms with Crippen LogP contribution in [0.15, 0.2) is 41.3 Å². The van der Waals surface area contributed by atoms with Crippen molar-refractivity contribution in [1.82, 2.24) is 4.31 Å². The smallest absolute Gasteiger partial charge is 0.339 e. The summed E-state index contributed by atoms with van der Waals surface area (Å²) < 4.78 is 20.3. The molecule has 0 aromatic heterocycles. The molecule has 0 atom stereocenters. The Bertz CT molecular complexity index is 733. The highest BCUT2D eigenvalue weighted by atomic mass is 32.2. The Hall–Kier alpha value is -2.05. The zero-order valence-electron chi connectivity index (χ0n) is 12.6. The first-order valence-electron chi connectivity index (χ1n) is 7.18. The molecule has 0 fully saturated rings. The quantitative estimate of drug-likeness (QED) is 0.867. The Morgan fingerprint density at radius 3 is 2.65 bits per heavy atom. The summed E-state index contributed by atoms with van der Waals surface area (Å²) in [6.07, 6.45) is 0.819. The maximum Gasteiger partial charge on any atom is 0.339 e. The fourth-order valence-electron chi connectivity index (χ4n) is 2.62. The average molecular weight is 333 g/mol. The van der Waals surface area contributed by atoms with E-state index >= 15 is 0 Å². The van der Waals surface area contributed by atoms with Gasteiger partial charge in [-0.2, -0.15) is 0 Å². The lowest BCUT2D eigenvalue weighted by Gasteiger charge is -2.28. The highest BCUT2D eigenvalue weighted by molar-refractivity contribution is 7.97. The second-order valence-corrected chi connectivity index (χ2v) is 6.46. The van der Waals surface area contributed by atoms with Crippen LogP contribution in [0.3, 0.4) is 0 Å². The normalized spacial score (nSPS) is 14.3. The van der Waals surface area contributed by atoms with Crippen molar-refractivity contribution < 1.29 is 19.0 Å². The Morgan fingerprint density at radius 1 is 1.26 bits per heavy atom. The summed E-state index contributed by atoms with van der Waals surface area (Å²) >= 11 is 1.55. The van der Waals surface area contributed by atoms with Crippen LogP contribution in [0.25, 0.3) is 0 Å². The summed E-state index contributed by atoms with van der Waals surface area (Å²) in [5, 5.41) is 9.29. The number of carboxylic acids is 1. The number of hydrogen-bond donors (Lipinski definition) is 1. The number of rotatable bonds is 4. The van der Waals surface area contributed by atoms with Crippen LogP contribution in [0, 0.1) is 5.82 Å². The van der Waals surface area contributed by atoms with Gasteiger partial charge in [-0.25, -0.2) is 13.5 Å². The van der Waals surface area contributed by atoms with Crippen LogP contribution in [0.2, 0.25) is 0 Å². The van der Waals surface area contributed by atoms with Gasteiger partial charge in [-0.1, -0.05) is 0 Å². The molecule has 0 saturated heterocycles. The van der Waals surface area contributed by atoms with Gasteiger partial charge < -0.3 is 9.84 Å². The van der Waals surface area contributed by atoms with Gasteiger partial charge in [0.1, 0.15) is 17.1 Å². The van der Waals surface area contributed by atoms with E-state index in [1.165, 1.54) is 19.2 Å². The van der Waals surface area contributed by atoms with Gasteiger partial charge in [-0.05, 0) is 65.9 Å². The molecule has 2 aromatic carbocycles. The SMILES string of the molecule is COc1cc2c(cc1C(=O)O)CN(Sc1ccc(F)cc1)CC2. The Balaban J connectivity index is 1.81. The van der Waals surface area contributed by atoms with E-state index in [-0.39, 0.29) is 11.4 Å². The number of benzene rings is 2. The molecule has 1 N–H and O–H groups in total. The molecule has 6 heteroatoms. The minimum atomic E-state index is -0.993. The molecule has 1 heterocycles. The molecule has 1 aliphatic heterocycles. The molecule has 0 unspecified atom stereocenters. The van der Waals surface area contributed by atoms with Crippen LogP contribution in [0.1, 0.15) is 21.5 Å². The van der Waals surface area contributed by atoms with E-state index in [9.17, 15) is 14.3 Å². The number of carbonyl (C=O) groups is 1. The van der Waals surface area contributed by atoms with Gasteiger partial charge in [0, 0.05) is 18.0 Å². The number of methoxy groups -OCH3 is 1. The summed E-state index contributed by atoms with van der Waals surface area (Å²) in [6, 6.07) is 9.87. The largest absolute Gasteiger partial charge is 0.496 e. The molecule has 23 heavy (non-hydrogen) atoms. The van der Waals surface area contributed by atoms with E-state index in [4.69, 9.17) is 4.74 Å². The molecule has 0 radical (unpaired) electrons. The molecular weight excluding hydrogens is 317 g/mol. The topological polar surface area (TPSA) is 49.8 Å². The van der Waals surface area contributed by atoms with Crippen molar-refractivity contribution in [3.63, 3.8) is 0 Å². The minimum absolute atomic E-state index is 0.180. The third-order valence-electron chi connectivity index (χ3n) is 3.78. The number of ether oxygens (including phenoxy) is 1. The molecule has 0 saturated carbocycles. The maximum atomic E-state index is 13.0. The van der Waals surface area contributed by atoms with Crippen molar-refractivity contribution in [1.29, 1.82) is 0 Å². The van der Waals surface area contributed by atoms with Gasteiger partial charge in [0.05, 0.1) is 7.11 Å². The monoisotopic (exact) mass is 333 g/mol. The molecule has 120 valence electrons. The first kappa shape index (κ1) is 15.8. The van der Waals surface area contributed by atoms with Crippen LogP contribution in [0.5, 0.6) is 5.75 Å². The van der Waals surface area contributed by atoms with Gasteiger partial charge in [0.2, 0.25) is 0 Å². The van der Waals surface area contributed by atoms with E-state index in [1.54, 1.807) is 30.1 Å². The molecule has 1 aliphatic rings. The minimum Gasteiger partial charge on any atom is -0.496 e. The second-order valence-electron chi connectivity index (χ2n) is 5.29. The van der Waals surface area contributed by atoms with Crippen molar-refractivity contribution in [3.05, 3.63) is 58.9 Å². The van der Waals surface area contributed by atoms with Gasteiger partial charge in [0.15, 0.2) is 0 Å². The number of fused-ring (bicyclic) bond motifs is 1. The summed E-state index contributed by atoms with van der Waals surface area (Å²) in [7, 11) is 1.48. The van der Waals surface area contributed by atoms with E-state index in [2.05, 4.69) is 4.31 Å². The third-order valence-corrected chi connectivity index (χ3v) is 4.83. The number of hydrogen-bond acceptors (Lipinski definition) is 4. The Morgan fingerprint density at radius 2 is 2.00 bits per heavy atom. The van der Waals surface area contributed by atoms with Gasteiger partial charge in [-0.3, -0.25) is 0 Å². The van der Waals surface area contributed by atoms with E-state index in [0.29, 0.717) is 12.3 Å². The highest BCUT2D eigenvalue weighted by Crippen LogP contribution is 2.32. The first-order chi connectivity index (χ1) is 11.1. The Labute approximate surface area is 138 Å². The van der Waals surface area contributed by atoms with Crippen molar-refractivity contribution in [2.45, 2.75) is 17.9 Å². The van der Waals surface area contributed by atoms with Crippen molar-refractivity contribution in [3.8, 4) is 5.75 Å². The Kier molecular flexibility index (Phi) is 4.54. The number of nitrogens with zero attached hydrogens (tertiary/aromatic N) is 1. The molecule has 0 aliphatic carbocycles. The molecule has 4 nitrogen and oxygen atoms in total. The van der Waals surface area contributed by atoms with Crippen LogP contribution >= 0.6 is 11.9 Å². The molecule has 0 bridgehead atoms. The predicted octanol–water partition coefficient (Wildman–Crippen LogP) is 3.60. The van der Waals surface area contributed by atoms with Crippen molar-refractivity contribution in [2.75, 3.05) is 13.7 Å². The van der Waals surface area contributed by atoms with Gasteiger partial charge in [0.25, 0.3) is 0 Å². The fraction of sp³-hybridized carbons (Fsp3) is 0.235. The maximum absolute atomic E-state index is 13.0. The van der Waals surface area contributed by atoms with E-state index in [1.807, 2.05) is 6.07 Å². The van der Waals surface area contributed by atoms with Crippen molar-refractivity contribution >= 4 is 17.9 Å². The van der Waals surface area contributed by atoms with Crippen LogP contribution in [-0.4, -0.2) is 29.0 Å². The van der Waals surface area contributed by atoms with Gasteiger partial charge in [-0.15, -0.1) is 0 Å². The lowest BCUT2D eigenvalue weighted by molar-refractivity contribution is 0.0693. The fourth-order valence-corrected chi connectivity index (χ4v) is 3.56. The molecule has 3 rings (SSSR count). The predicted molar refractivity (Wildman–Crippen MR) is 86.3 cm³/mol. The molecule has 0 spiro atoms. The second kappa shape index (κ2) is 6.60.